The number of aromatic nitrogens is 2. The van der Waals surface area contributed by atoms with E-state index in [1.165, 1.54) is 28.1 Å². The van der Waals surface area contributed by atoms with Crippen LogP contribution in [0.15, 0.2) is 69.7 Å². The molecule has 1 saturated heterocycles. The first-order valence-corrected chi connectivity index (χ1v) is 14.2. The van der Waals surface area contributed by atoms with Crippen molar-refractivity contribution in [1.82, 2.24) is 15.0 Å². The van der Waals surface area contributed by atoms with E-state index in [1.807, 2.05) is 36.4 Å². The molecule has 1 aliphatic heterocycles. The zero-order chi connectivity index (χ0) is 26.2. The van der Waals surface area contributed by atoms with E-state index in [-0.39, 0.29) is 6.61 Å². The van der Waals surface area contributed by atoms with Gasteiger partial charge in [-0.1, -0.05) is 53.7 Å². The highest BCUT2D eigenvalue weighted by Gasteiger charge is 2.36. The third kappa shape index (κ3) is 7.88. The van der Waals surface area contributed by atoms with Crippen LogP contribution in [0, 0.1) is 0 Å². The standard InChI is InChI=1S/C24H27BrClN5O4S2/c1-32-21-19(31(28)12-18(27)22-30-20(26)14-36-22)13-35-23(15-5-3-2-4-6-15)33-7-8-34-24(21)37-17-9-16(25)10-29-11-17/h2-6,9-12,14,19,21,23-24H,7-8,13,27-28H2,1H3/b18-12-/t19-,21?,23?,24?/m1/s1. The van der Waals surface area contributed by atoms with Gasteiger partial charge in [0.25, 0.3) is 0 Å². The number of nitrogens with zero attached hydrogens (tertiary/aromatic N) is 3. The molecule has 0 aliphatic carbocycles. The highest BCUT2D eigenvalue weighted by Crippen LogP contribution is 2.32. The Morgan fingerprint density at radius 1 is 1.24 bits per heavy atom. The van der Waals surface area contributed by atoms with Gasteiger partial charge in [0.15, 0.2) is 6.29 Å². The smallest absolute Gasteiger partial charge is 0.184 e. The third-order valence-electron chi connectivity index (χ3n) is 5.37. The minimum atomic E-state index is -0.601. The van der Waals surface area contributed by atoms with Gasteiger partial charge < -0.3 is 29.7 Å². The Hall–Kier alpha value is -1.74. The Kier molecular flexibility index (Phi) is 10.6. The first kappa shape index (κ1) is 28.3. The molecule has 1 aliphatic rings. The number of benzene rings is 1. The minimum absolute atomic E-state index is 0.161. The van der Waals surface area contributed by atoms with Crippen LogP contribution in [-0.2, 0) is 18.9 Å². The molecule has 9 nitrogen and oxygen atoms in total. The average molecular weight is 629 g/mol. The summed E-state index contributed by atoms with van der Waals surface area (Å²) in [5.74, 6) is 6.57. The second kappa shape index (κ2) is 13.9. The number of halogens is 2. The molecule has 37 heavy (non-hydrogen) atoms. The lowest BCUT2D eigenvalue weighted by molar-refractivity contribution is -0.188. The molecule has 0 spiro atoms. The number of hydrazine groups is 1. The first-order valence-electron chi connectivity index (χ1n) is 11.3. The van der Waals surface area contributed by atoms with E-state index in [0.717, 1.165) is 14.9 Å². The zero-order valence-corrected chi connectivity index (χ0v) is 23.9. The maximum absolute atomic E-state index is 6.57. The van der Waals surface area contributed by atoms with E-state index >= 15 is 0 Å². The quantitative estimate of drug-likeness (QED) is 0.283. The van der Waals surface area contributed by atoms with Gasteiger partial charge in [0, 0.05) is 46.0 Å². The van der Waals surface area contributed by atoms with Crippen molar-refractivity contribution < 1.29 is 18.9 Å². The molecule has 3 unspecified atom stereocenters. The van der Waals surface area contributed by atoms with Gasteiger partial charge in [-0.15, -0.1) is 11.3 Å². The van der Waals surface area contributed by atoms with Crippen LogP contribution >= 0.6 is 50.6 Å². The van der Waals surface area contributed by atoms with Gasteiger partial charge in [0.1, 0.15) is 21.7 Å². The highest BCUT2D eigenvalue weighted by atomic mass is 79.9. The maximum atomic E-state index is 6.57. The number of ether oxygens (including phenoxy) is 4. The van der Waals surface area contributed by atoms with E-state index in [1.54, 1.807) is 31.1 Å². The number of hydrogen-bond donors (Lipinski definition) is 2. The number of hydrogen-bond acceptors (Lipinski definition) is 11. The fourth-order valence-electron chi connectivity index (χ4n) is 3.64. The number of pyridine rings is 1. The second-order valence-electron chi connectivity index (χ2n) is 7.92. The molecular formula is C24H27BrClN5O4S2. The minimum Gasteiger partial charge on any atom is -0.395 e. The zero-order valence-electron chi connectivity index (χ0n) is 19.9. The first-order chi connectivity index (χ1) is 17.9. The van der Waals surface area contributed by atoms with Crippen LogP contribution in [0.5, 0.6) is 0 Å². The monoisotopic (exact) mass is 627 g/mol. The predicted octanol–water partition coefficient (Wildman–Crippen LogP) is 4.65. The van der Waals surface area contributed by atoms with Gasteiger partial charge in [0.05, 0.1) is 31.6 Å². The normalized spacial score (nSPS) is 23.5. The SMILES string of the molecule is COC1C(Sc2cncc(Br)c2)OCCOC(c2ccccc2)OC[C@H]1N(N)/C=C(\N)c1nc(Cl)cs1. The van der Waals surface area contributed by atoms with Crippen LogP contribution in [0.25, 0.3) is 5.70 Å². The summed E-state index contributed by atoms with van der Waals surface area (Å²) in [5.41, 5.74) is 7.09. The van der Waals surface area contributed by atoms with Gasteiger partial charge in [-0.05, 0) is 22.0 Å². The second-order valence-corrected chi connectivity index (χ2v) is 11.3. The predicted molar refractivity (Wildman–Crippen MR) is 149 cm³/mol. The lowest BCUT2D eigenvalue weighted by Crippen LogP contribution is -2.53. The summed E-state index contributed by atoms with van der Waals surface area (Å²) in [6.07, 6.45) is 3.97. The summed E-state index contributed by atoms with van der Waals surface area (Å²) in [7, 11) is 1.62. The molecule has 0 saturated carbocycles. The number of methoxy groups -OCH3 is 1. The Morgan fingerprint density at radius 2 is 2.03 bits per heavy atom. The lowest BCUT2D eigenvalue weighted by Gasteiger charge is -2.38. The summed E-state index contributed by atoms with van der Waals surface area (Å²) in [5, 5.41) is 4.10. The third-order valence-corrected chi connectivity index (χ3v) is 8.15. The highest BCUT2D eigenvalue weighted by molar-refractivity contribution is 9.10. The van der Waals surface area contributed by atoms with Crippen LogP contribution in [0.2, 0.25) is 5.15 Å². The van der Waals surface area contributed by atoms with Crippen LogP contribution in [0.1, 0.15) is 16.9 Å². The summed E-state index contributed by atoms with van der Waals surface area (Å²) in [4.78, 5) is 9.38. The molecule has 3 heterocycles. The number of thioether (sulfide) groups is 1. The maximum Gasteiger partial charge on any atom is 0.184 e. The fraction of sp³-hybridized carbons (Fsp3) is 0.333. The van der Waals surface area contributed by atoms with Crippen LogP contribution < -0.4 is 11.6 Å². The van der Waals surface area contributed by atoms with E-state index in [2.05, 4.69) is 25.9 Å². The summed E-state index contributed by atoms with van der Waals surface area (Å²) in [6.45, 7) is 0.811. The fourth-order valence-corrected chi connectivity index (χ4v) is 6.20. The summed E-state index contributed by atoms with van der Waals surface area (Å²) in [6, 6.07) is 11.2. The van der Waals surface area contributed by atoms with Gasteiger partial charge in [-0.2, -0.15) is 0 Å². The largest absolute Gasteiger partial charge is 0.395 e. The molecule has 2 aromatic heterocycles. The Bertz CT molecular complexity index is 1170. The molecule has 13 heteroatoms. The van der Waals surface area contributed by atoms with Crippen molar-refractivity contribution in [3.63, 3.8) is 0 Å². The van der Waals surface area contributed by atoms with E-state index < -0.39 is 23.9 Å². The molecule has 4 N–H and O–H groups in total. The van der Waals surface area contributed by atoms with E-state index in [4.69, 9.17) is 42.1 Å². The van der Waals surface area contributed by atoms with Crippen LogP contribution in [0.4, 0.5) is 0 Å². The van der Waals surface area contributed by atoms with Gasteiger partial charge in [0.2, 0.25) is 0 Å². The van der Waals surface area contributed by atoms with E-state index in [9.17, 15) is 0 Å². The number of thiazole rings is 1. The van der Waals surface area contributed by atoms with Crippen molar-refractivity contribution in [1.29, 1.82) is 0 Å². The molecule has 0 amide bonds. The van der Waals surface area contributed by atoms with Gasteiger partial charge in [-0.3, -0.25) is 4.98 Å². The van der Waals surface area contributed by atoms with Crippen molar-refractivity contribution in [2.45, 2.75) is 28.8 Å². The van der Waals surface area contributed by atoms with Crippen LogP contribution in [0.3, 0.4) is 0 Å². The van der Waals surface area contributed by atoms with Crippen molar-refractivity contribution in [2.24, 2.45) is 11.6 Å². The molecular weight excluding hydrogens is 602 g/mol. The Labute approximate surface area is 237 Å². The number of rotatable bonds is 7. The number of nitrogens with two attached hydrogens (primary N) is 2. The van der Waals surface area contributed by atoms with E-state index in [0.29, 0.717) is 29.1 Å². The molecule has 0 radical (unpaired) electrons. The lowest BCUT2D eigenvalue weighted by atomic mass is 10.1. The van der Waals surface area contributed by atoms with Crippen molar-refractivity contribution in [3.05, 3.63) is 80.6 Å². The molecule has 4 atom stereocenters. The summed E-state index contributed by atoms with van der Waals surface area (Å²) < 4.78 is 25.4. The van der Waals surface area contributed by atoms with Crippen LogP contribution in [-0.4, -0.2) is 59.5 Å². The molecule has 0 bridgehead atoms. The molecule has 1 aromatic carbocycles. The molecule has 1 fully saturated rings. The molecule has 4 rings (SSSR count). The summed E-state index contributed by atoms with van der Waals surface area (Å²) >= 11 is 12.3. The topological polar surface area (TPSA) is 118 Å². The van der Waals surface area contributed by atoms with Crippen molar-refractivity contribution in [3.8, 4) is 0 Å². The van der Waals surface area contributed by atoms with Gasteiger partial charge in [-0.25, -0.2) is 10.8 Å². The Morgan fingerprint density at radius 3 is 2.73 bits per heavy atom. The van der Waals surface area contributed by atoms with Gasteiger partial charge >= 0.3 is 0 Å². The molecule has 3 aromatic rings. The van der Waals surface area contributed by atoms with Crippen molar-refractivity contribution in [2.75, 3.05) is 26.9 Å². The molecule has 198 valence electrons. The van der Waals surface area contributed by atoms with Crippen molar-refractivity contribution >= 4 is 56.3 Å². The Balaban J connectivity index is 1.63. The average Bonchev–Trinajstić information content (AvgIpc) is 3.34.